The van der Waals surface area contributed by atoms with Crippen molar-refractivity contribution in [3.05, 3.63) is 76.7 Å². The lowest BCUT2D eigenvalue weighted by molar-refractivity contribution is 0.0911. The van der Waals surface area contributed by atoms with Crippen molar-refractivity contribution in [2.24, 2.45) is 0 Å². The first-order valence-electron chi connectivity index (χ1n) is 10.1. The molecule has 0 aliphatic carbocycles. The van der Waals surface area contributed by atoms with Crippen molar-refractivity contribution in [2.75, 3.05) is 44.2 Å². The van der Waals surface area contributed by atoms with Crippen LogP contribution in [0.25, 0.3) is 0 Å². The van der Waals surface area contributed by atoms with Crippen LogP contribution in [0.1, 0.15) is 22.1 Å². The molecular weight excluding hydrogens is 421 g/mol. The second-order valence-corrected chi connectivity index (χ2v) is 7.81. The van der Waals surface area contributed by atoms with E-state index in [4.69, 9.17) is 16.0 Å². The Bertz CT molecular complexity index is 1020. The second kappa shape index (κ2) is 9.89. The number of benzene rings is 2. The van der Waals surface area contributed by atoms with Gasteiger partial charge in [-0.05, 0) is 35.9 Å². The van der Waals surface area contributed by atoms with Crippen molar-refractivity contribution >= 4 is 23.2 Å². The number of nitrogens with zero attached hydrogens (tertiary/aromatic N) is 4. The fourth-order valence-electron chi connectivity index (χ4n) is 3.50. The maximum atomic E-state index is 13.0. The van der Waals surface area contributed by atoms with E-state index in [0.29, 0.717) is 18.9 Å². The summed E-state index contributed by atoms with van der Waals surface area (Å²) in [5.41, 5.74) is 1.96. The van der Waals surface area contributed by atoms with Crippen molar-refractivity contribution in [2.45, 2.75) is 6.42 Å². The first-order chi connectivity index (χ1) is 15.1. The predicted octanol–water partition coefficient (Wildman–Crippen LogP) is 3.00. The number of carbonyl (C=O) groups excluding carboxylic acids is 1. The summed E-state index contributed by atoms with van der Waals surface area (Å²) in [4.78, 5) is 16.9. The molecule has 162 valence electrons. The monoisotopic (exact) mass is 443 g/mol. The Hall–Kier alpha value is -2.97. The number of aromatic nitrogens is 2. The van der Waals surface area contributed by atoms with E-state index >= 15 is 0 Å². The van der Waals surface area contributed by atoms with Crippen LogP contribution >= 0.6 is 11.6 Å². The number of hydrogen-bond acceptors (Lipinski definition) is 6. The quantitative estimate of drug-likeness (QED) is 0.605. The molecule has 0 radical (unpaired) electrons. The number of rotatable bonds is 7. The van der Waals surface area contributed by atoms with Crippen molar-refractivity contribution in [3.63, 3.8) is 0 Å². The standard InChI is InChI=1S/C22H23ClFN5O2/c23-17-2-1-3-19(15-17)29-12-10-28(11-13-29)9-8-25-21(30)22-27-26-20(31-22)14-16-4-6-18(24)7-5-16/h1-7,15H,8-14H2,(H,25,30). The molecule has 1 aliphatic heterocycles. The van der Waals surface area contributed by atoms with Crippen LogP contribution in [0, 0.1) is 5.82 Å². The van der Waals surface area contributed by atoms with Crippen LogP contribution in [0.3, 0.4) is 0 Å². The normalized spacial score (nSPS) is 14.6. The summed E-state index contributed by atoms with van der Waals surface area (Å²) in [5.74, 6) is -0.451. The molecule has 1 aromatic heterocycles. The smallest absolute Gasteiger partial charge is 0.308 e. The van der Waals surface area contributed by atoms with E-state index in [9.17, 15) is 9.18 Å². The van der Waals surface area contributed by atoms with Crippen LogP contribution in [0.5, 0.6) is 0 Å². The van der Waals surface area contributed by atoms with E-state index in [0.717, 1.165) is 49.0 Å². The minimum absolute atomic E-state index is 0.0668. The van der Waals surface area contributed by atoms with E-state index in [1.165, 1.54) is 12.1 Å². The summed E-state index contributed by atoms with van der Waals surface area (Å²) in [5, 5.41) is 11.3. The highest BCUT2D eigenvalue weighted by molar-refractivity contribution is 6.30. The van der Waals surface area contributed by atoms with Gasteiger partial charge in [-0.2, -0.15) is 0 Å². The van der Waals surface area contributed by atoms with Gasteiger partial charge >= 0.3 is 11.8 Å². The van der Waals surface area contributed by atoms with E-state index in [1.54, 1.807) is 12.1 Å². The molecule has 1 saturated heterocycles. The highest BCUT2D eigenvalue weighted by Crippen LogP contribution is 2.20. The van der Waals surface area contributed by atoms with Crippen molar-refractivity contribution in [1.29, 1.82) is 0 Å². The Labute approximate surface area is 184 Å². The molecule has 0 atom stereocenters. The molecule has 0 saturated carbocycles. The molecule has 7 nitrogen and oxygen atoms in total. The largest absolute Gasteiger partial charge is 0.417 e. The molecule has 2 aromatic carbocycles. The molecule has 31 heavy (non-hydrogen) atoms. The molecular formula is C22H23ClFN5O2. The number of anilines is 1. The summed E-state index contributed by atoms with van der Waals surface area (Å²) in [7, 11) is 0. The molecule has 1 fully saturated rings. The number of amides is 1. The minimum atomic E-state index is -0.393. The zero-order valence-corrected chi connectivity index (χ0v) is 17.7. The Morgan fingerprint density at radius 1 is 1.10 bits per heavy atom. The molecule has 4 rings (SSSR count). The van der Waals surface area contributed by atoms with Gasteiger partial charge in [0, 0.05) is 50.0 Å². The molecule has 1 amide bonds. The van der Waals surface area contributed by atoms with Crippen LogP contribution in [0.15, 0.2) is 52.9 Å². The third-order valence-corrected chi connectivity index (χ3v) is 5.42. The maximum Gasteiger partial charge on any atom is 0.308 e. The van der Waals surface area contributed by atoms with Gasteiger partial charge in [0.15, 0.2) is 0 Å². The van der Waals surface area contributed by atoms with Crippen molar-refractivity contribution in [1.82, 2.24) is 20.4 Å². The molecule has 1 N–H and O–H groups in total. The Kier molecular flexibility index (Phi) is 6.79. The number of hydrogen-bond donors (Lipinski definition) is 1. The summed E-state index contributed by atoms with van der Waals surface area (Å²) in [6.45, 7) is 4.86. The fraction of sp³-hybridized carbons (Fsp3) is 0.318. The topological polar surface area (TPSA) is 74.5 Å². The first-order valence-corrected chi connectivity index (χ1v) is 10.5. The molecule has 1 aliphatic rings. The van der Waals surface area contributed by atoms with Gasteiger partial charge < -0.3 is 14.6 Å². The van der Waals surface area contributed by atoms with Gasteiger partial charge in [-0.1, -0.05) is 29.8 Å². The summed E-state index contributed by atoms with van der Waals surface area (Å²) in [6.07, 6.45) is 0.345. The summed E-state index contributed by atoms with van der Waals surface area (Å²) < 4.78 is 18.4. The lowest BCUT2D eigenvalue weighted by Gasteiger charge is -2.36. The zero-order chi connectivity index (χ0) is 21.6. The van der Waals surface area contributed by atoms with Gasteiger partial charge in [-0.25, -0.2) is 4.39 Å². The maximum absolute atomic E-state index is 13.0. The first kappa shape index (κ1) is 21.3. The van der Waals surface area contributed by atoms with Gasteiger partial charge in [0.05, 0.1) is 6.42 Å². The number of piperazine rings is 1. The lowest BCUT2D eigenvalue weighted by Crippen LogP contribution is -2.48. The molecule has 9 heteroatoms. The van der Waals surface area contributed by atoms with E-state index in [-0.39, 0.29) is 11.7 Å². The Balaban J connectivity index is 1.19. The van der Waals surface area contributed by atoms with Crippen LogP contribution in [0.2, 0.25) is 5.02 Å². The molecule has 0 spiro atoms. The Morgan fingerprint density at radius 2 is 1.87 bits per heavy atom. The van der Waals surface area contributed by atoms with Gasteiger partial charge in [0.1, 0.15) is 5.82 Å². The van der Waals surface area contributed by atoms with Gasteiger partial charge in [-0.3, -0.25) is 9.69 Å². The third kappa shape index (κ3) is 5.80. The van der Waals surface area contributed by atoms with Gasteiger partial charge in [-0.15, -0.1) is 10.2 Å². The highest BCUT2D eigenvalue weighted by Gasteiger charge is 2.19. The van der Waals surface area contributed by atoms with Gasteiger partial charge in [0.2, 0.25) is 5.89 Å². The van der Waals surface area contributed by atoms with Crippen LogP contribution in [-0.4, -0.2) is 60.3 Å². The average molecular weight is 444 g/mol. The Morgan fingerprint density at radius 3 is 2.61 bits per heavy atom. The van der Waals surface area contributed by atoms with Gasteiger partial charge in [0.25, 0.3) is 0 Å². The lowest BCUT2D eigenvalue weighted by atomic mass is 10.1. The van der Waals surface area contributed by atoms with Crippen molar-refractivity contribution < 1.29 is 13.6 Å². The fourth-order valence-corrected chi connectivity index (χ4v) is 3.68. The average Bonchev–Trinajstić information content (AvgIpc) is 3.24. The van der Waals surface area contributed by atoms with Crippen molar-refractivity contribution in [3.8, 4) is 0 Å². The zero-order valence-electron chi connectivity index (χ0n) is 16.9. The molecule has 0 unspecified atom stereocenters. The third-order valence-electron chi connectivity index (χ3n) is 5.19. The molecule has 3 aromatic rings. The van der Waals surface area contributed by atoms with E-state index < -0.39 is 5.91 Å². The number of nitrogens with one attached hydrogen (secondary N) is 1. The van der Waals surface area contributed by atoms with Crippen LogP contribution in [-0.2, 0) is 6.42 Å². The van der Waals surface area contributed by atoms with E-state index in [1.807, 2.05) is 18.2 Å². The number of halogens is 2. The highest BCUT2D eigenvalue weighted by atomic mass is 35.5. The number of carbonyl (C=O) groups is 1. The molecule has 2 heterocycles. The van der Waals surface area contributed by atoms with Crippen LogP contribution < -0.4 is 10.2 Å². The SMILES string of the molecule is O=C(NCCN1CCN(c2cccc(Cl)c2)CC1)c1nnc(Cc2ccc(F)cc2)o1. The summed E-state index contributed by atoms with van der Waals surface area (Å²) in [6, 6.07) is 13.9. The second-order valence-electron chi connectivity index (χ2n) is 7.37. The van der Waals surface area contributed by atoms with Crippen LogP contribution in [0.4, 0.5) is 10.1 Å². The summed E-state index contributed by atoms with van der Waals surface area (Å²) >= 11 is 6.08. The predicted molar refractivity (Wildman–Crippen MR) is 116 cm³/mol. The minimum Gasteiger partial charge on any atom is -0.417 e. The molecule has 0 bridgehead atoms. The van der Waals surface area contributed by atoms with E-state index in [2.05, 4.69) is 31.4 Å².